The SMILES string of the molecule is COc1ccccc1CN1CCN(c2ncc(F)cn2)CC1. The van der Waals surface area contributed by atoms with E-state index in [0.29, 0.717) is 5.95 Å². The summed E-state index contributed by atoms with van der Waals surface area (Å²) in [6.07, 6.45) is 2.42. The molecule has 0 radical (unpaired) electrons. The number of halogens is 1. The fourth-order valence-electron chi connectivity index (χ4n) is 2.65. The van der Waals surface area contributed by atoms with Crippen molar-refractivity contribution in [3.8, 4) is 5.75 Å². The summed E-state index contributed by atoms with van der Waals surface area (Å²) >= 11 is 0. The van der Waals surface area contributed by atoms with Crippen molar-refractivity contribution in [3.63, 3.8) is 0 Å². The van der Waals surface area contributed by atoms with Crippen molar-refractivity contribution in [2.45, 2.75) is 6.54 Å². The van der Waals surface area contributed by atoms with Crippen molar-refractivity contribution in [2.75, 3.05) is 38.2 Å². The highest BCUT2D eigenvalue weighted by atomic mass is 19.1. The van der Waals surface area contributed by atoms with Gasteiger partial charge in [0.1, 0.15) is 5.75 Å². The van der Waals surface area contributed by atoms with E-state index in [1.54, 1.807) is 7.11 Å². The van der Waals surface area contributed by atoms with Crippen LogP contribution in [0.4, 0.5) is 10.3 Å². The first-order chi connectivity index (χ1) is 10.8. The lowest BCUT2D eigenvalue weighted by molar-refractivity contribution is 0.245. The predicted molar refractivity (Wildman–Crippen MR) is 82.5 cm³/mol. The number of nitrogens with zero attached hydrogens (tertiary/aromatic N) is 4. The van der Waals surface area contributed by atoms with Crippen molar-refractivity contribution >= 4 is 5.95 Å². The first kappa shape index (κ1) is 14.7. The minimum Gasteiger partial charge on any atom is -0.496 e. The monoisotopic (exact) mass is 302 g/mol. The zero-order chi connectivity index (χ0) is 15.4. The zero-order valence-corrected chi connectivity index (χ0v) is 12.6. The lowest BCUT2D eigenvalue weighted by Gasteiger charge is -2.34. The van der Waals surface area contributed by atoms with Crippen molar-refractivity contribution < 1.29 is 9.13 Å². The van der Waals surface area contributed by atoms with Crippen LogP contribution >= 0.6 is 0 Å². The molecule has 0 atom stereocenters. The number of methoxy groups -OCH3 is 1. The van der Waals surface area contributed by atoms with E-state index < -0.39 is 5.82 Å². The first-order valence-corrected chi connectivity index (χ1v) is 7.33. The molecule has 5 nitrogen and oxygen atoms in total. The quantitative estimate of drug-likeness (QED) is 0.863. The van der Waals surface area contributed by atoms with Crippen molar-refractivity contribution in [3.05, 3.63) is 48.0 Å². The molecule has 2 heterocycles. The van der Waals surface area contributed by atoms with Crippen LogP contribution in [-0.4, -0.2) is 48.2 Å². The van der Waals surface area contributed by atoms with E-state index >= 15 is 0 Å². The summed E-state index contributed by atoms with van der Waals surface area (Å²) in [5.41, 5.74) is 1.19. The lowest BCUT2D eigenvalue weighted by Crippen LogP contribution is -2.46. The second-order valence-corrected chi connectivity index (χ2v) is 5.28. The maximum atomic E-state index is 12.9. The van der Waals surface area contributed by atoms with Gasteiger partial charge in [0.25, 0.3) is 0 Å². The second kappa shape index (κ2) is 6.70. The summed E-state index contributed by atoms with van der Waals surface area (Å²) in [5, 5.41) is 0. The molecule has 0 bridgehead atoms. The van der Waals surface area contributed by atoms with E-state index in [0.717, 1.165) is 38.5 Å². The van der Waals surface area contributed by atoms with Crippen LogP contribution in [0, 0.1) is 5.82 Å². The Balaban J connectivity index is 1.59. The van der Waals surface area contributed by atoms with Gasteiger partial charge in [0.2, 0.25) is 5.95 Å². The lowest BCUT2D eigenvalue weighted by atomic mass is 10.1. The Kier molecular flexibility index (Phi) is 4.48. The molecule has 22 heavy (non-hydrogen) atoms. The minimum atomic E-state index is -0.404. The normalized spacial score (nSPS) is 15.8. The Morgan fingerprint density at radius 2 is 1.77 bits per heavy atom. The predicted octanol–water partition coefficient (Wildman–Crippen LogP) is 1.95. The molecule has 0 N–H and O–H groups in total. The summed E-state index contributed by atoms with van der Waals surface area (Å²) in [5.74, 6) is 1.11. The average molecular weight is 302 g/mol. The molecule has 1 aromatic heterocycles. The van der Waals surface area contributed by atoms with Gasteiger partial charge in [-0.25, -0.2) is 14.4 Å². The van der Waals surface area contributed by atoms with Gasteiger partial charge in [-0.05, 0) is 6.07 Å². The van der Waals surface area contributed by atoms with E-state index in [4.69, 9.17) is 4.74 Å². The first-order valence-electron chi connectivity index (χ1n) is 7.33. The van der Waals surface area contributed by atoms with Gasteiger partial charge in [0.05, 0.1) is 19.5 Å². The van der Waals surface area contributed by atoms with Gasteiger partial charge in [0.15, 0.2) is 5.82 Å². The topological polar surface area (TPSA) is 41.5 Å². The maximum absolute atomic E-state index is 12.9. The Bertz CT molecular complexity index is 612. The maximum Gasteiger partial charge on any atom is 0.225 e. The summed E-state index contributed by atoms with van der Waals surface area (Å²) in [7, 11) is 1.70. The molecule has 0 spiro atoms. The molecule has 1 aromatic carbocycles. The van der Waals surface area contributed by atoms with Crippen LogP contribution < -0.4 is 9.64 Å². The fraction of sp³-hybridized carbons (Fsp3) is 0.375. The highest BCUT2D eigenvalue weighted by Crippen LogP contribution is 2.20. The number of hydrogen-bond acceptors (Lipinski definition) is 5. The summed E-state index contributed by atoms with van der Waals surface area (Å²) in [6.45, 7) is 4.36. The van der Waals surface area contributed by atoms with Gasteiger partial charge in [-0.15, -0.1) is 0 Å². The molecule has 6 heteroatoms. The molecule has 2 aromatic rings. The Morgan fingerprint density at radius 1 is 1.09 bits per heavy atom. The van der Waals surface area contributed by atoms with Gasteiger partial charge in [-0.3, -0.25) is 4.90 Å². The number of benzene rings is 1. The van der Waals surface area contributed by atoms with E-state index in [1.807, 2.05) is 18.2 Å². The second-order valence-electron chi connectivity index (χ2n) is 5.28. The molecule has 3 rings (SSSR count). The van der Waals surface area contributed by atoms with E-state index in [-0.39, 0.29) is 0 Å². The molecule has 0 unspecified atom stereocenters. The third-order valence-corrected chi connectivity index (χ3v) is 3.85. The molecule has 1 aliphatic rings. The van der Waals surface area contributed by atoms with Gasteiger partial charge in [0, 0.05) is 38.3 Å². The van der Waals surface area contributed by atoms with Crippen LogP contribution in [0.15, 0.2) is 36.7 Å². The molecule has 116 valence electrons. The Hall–Kier alpha value is -2.21. The number of anilines is 1. The van der Waals surface area contributed by atoms with E-state index in [2.05, 4.69) is 25.8 Å². The van der Waals surface area contributed by atoms with Gasteiger partial charge >= 0.3 is 0 Å². The summed E-state index contributed by atoms with van der Waals surface area (Å²) in [4.78, 5) is 12.5. The van der Waals surface area contributed by atoms with E-state index in [9.17, 15) is 4.39 Å². The molecule has 0 amide bonds. The van der Waals surface area contributed by atoms with Crippen LogP contribution in [0.3, 0.4) is 0 Å². The van der Waals surface area contributed by atoms with Crippen LogP contribution in [0.5, 0.6) is 5.75 Å². The standard InChI is InChI=1S/C16H19FN4O/c1-22-15-5-3-2-4-13(15)12-20-6-8-21(9-7-20)16-18-10-14(17)11-19-16/h2-5,10-11H,6-9,12H2,1H3. The Morgan fingerprint density at radius 3 is 2.45 bits per heavy atom. The smallest absolute Gasteiger partial charge is 0.225 e. The highest BCUT2D eigenvalue weighted by molar-refractivity contribution is 5.33. The van der Waals surface area contributed by atoms with Crippen molar-refractivity contribution in [1.82, 2.24) is 14.9 Å². The largest absolute Gasteiger partial charge is 0.496 e. The van der Waals surface area contributed by atoms with Crippen molar-refractivity contribution in [2.24, 2.45) is 0 Å². The van der Waals surface area contributed by atoms with Gasteiger partial charge in [-0.2, -0.15) is 0 Å². The van der Waals surface area contributed by atoms with Crippen LogP contribution in [-0.2, 0) is 6.54 Å². The molecule has 1 fully saturated rings. The van der Waals surface area contributed by atoms with Crippen LogP contribution in [0.25, 0.3) is 0 Å². The zero-order valence-electron chi connectivity index (χ0n) is 12.6. The molecular formula is C16H19FN4O. The molecular weight excluding hydrogens is 283 g/mol. The molecule has 0 saturated carbocycles. The van der Waals surface area contributed by atoms with Crippen molar-refractivity contribution in [1.29, 1.82) is 0 Å². The number of hydrogen-bond donors (Lipinski definition) is 0. The fourth-order valence-corrected chi connectivity index (χ4v) is 2.65. The van der Waals surface area contributed by atoms with E-state index in [1.165, 1.54) is 18.0 Å². The third kappa shape index (κ3) is 3.33. The number of aromatic nitrogens is 2. The Labute approximate surface area is 129 Å². The molecule has 1 aliphatic heterocycles. The van der Waals surface area contributed by atoms with Gasteiger partial charge in [-0.1, -0.05) is 18.2 Å². The number of rotatable bonds is 4. The third-order valence-electron chi connectivity index (χ3n) is 3.85. The molecule has 1 saturated heterocycles. The van der Waals surface area contributed by atoms with Gasteiger partial charge < -0.3 is 9.64 Å². The highest BCUT2D eigenvalue weighted by Gasteiger charge is 2.19. The number of para-hydroxylation sites is 1. The van der Waals surface area contributed by atoms with Crippen LogP contribution in [0.2, 0.25) is 0 Å². The molecule has 0 aliphatic carbocycles. The number of piperazine rings is 1. The van der Waals surface area contributed by atoms with Crippen LogP contribution in [0.1, 0.15) is 5.56 Å². The number of ether oxygens (including phenoxy) is 1. The average Bonchev–Trinajstić information content (AvgIpc) is 2.57. The minimum absolute atomic E-state index is 0.404. The summed E-state index contributed by atoms with van der Waals surface area (Å²) in [6, 6.07) is 8.08. The summed E-state index contributed by atoms with van der Waals surface area (Å²) < 4.78 is 18.3.